The van der Waals surface area contributed by atoms with Crippen molar-refractivity contribution in [2.45, 2.75) is 25.0 Å². The summed E-state index contributed by atoms with van der Waals surface area (Å²) in [6.45, 7) is 0.850. The number of hydrogen-bond donors (Lipinski definition) is 2. The van der Waals surface area contributed by atoms with Gasteiger partial charge in [0, 0.05) is 31.5 Å². The second kappa shape index (κ2) is 6.29. The Hall–Kier alpha value is -2.18. The van der Waals surface area contributed by atoms with Crippen molar-refractivity contribution >= 4 is 5.91 Å². The minimum Gasteiger partial charge on any atom is -0.388 e. The Bertz CT molecular complexity index is 635. The molecule has 6 heteroatoms. The van der Waals surface area contributed by atoms with Gasteiger partial charge in [-0.05, 0) is 5.56 Å². The first-order valence-electron chi connectivity index (χ1n) is 7.24. The number of nitrogens with zero attached hydrogens (tertiary/aromatic N) is 2. The van der Waals surface area contributed by atoms with Crippen LogP contribution in [0.25, 0.3) is 0 Å². The SMILES string of the molecule is O=C([C@@H](O)Cc1ccccc1)N1CC(c2cc(CO)on2)C1. The molecule has 1 atom stereocenters. The number of likely N-dealkylation sites (tertiary alicyclic amines) is 1. The van der Waals surface area contributed by atoms with E-state index in [-0.39, 0.29) is 18.4 Å². The molecule has 1 aromatic heterocycles. The van der Waals surface area contributed by atoms with E-state index in [4.69, 9.17) is 9.63 Å². The molecule has 2 aromatic rings. The normalized spacial score (nSPS) is 16.4. The zero-order chi connectivity index (χ0) is 15.5. The minimum absolute atomic E-state index is 0.108. The Morgan fingerprint density at radius 3 is 2.73 bits per heavy atom. The molecule has 0 spiro atoms. The number of carbonyl (C=O) groups excluding carboxylic acids is 1. The van der Waals surface area contributed by atoms with Crippen LogP contribution in [0.3, 0.4) is 0 Å². The van der Waals surface area contributed by atoms with Crippen molar-refractivity contribution in [3.8, 4) is 0 Å². The number of hydrogen-bond acceptors (Lipinski definition) is 5. The van der Waals surface area contributed by atoms with Crippen molar-refractivity contribution < 1.29 is 19.5 Å². The summed E-state index contributed by atoms with van der Waals surface area (Å²) in [5.41, 5.74) is 1.68. The Labute approximate surface area is 128 Å². The fourth-order valence-electron chi connectivity index (χ4n) is 2.58. The van der Waals surface area contributed by atoms with Crippen molar-refractivity contribution in [3.63, 3.8) is 0 Å². The third kappa shape index (κ3) is 3.03. The maximum absolute atomic E-state index is 12.2. The topological polar surface area (TPSA) is 86.8 Å². The van der Waals surface area contributed by atoms with Crippen LogP contribution in [0.2, 0.25) is 0 Å². The highest BCUT2D eigenvalue weighted by molar-refractivity contribution is 5.82. The Balaban J connectivity index is 1.52. The Kier molecular flexibility index (Phi) is 4.22. The van der Waals surface area contributed by atoms with Gasteiger partial charge in [-0.25, -0.2) is 0 Å². The van der Waals surface area contributed by atoms with Gasteiger partial charge >= 0.3 is 0 Å². The first-order chi connectivity index (χ1) is 10.7. The van der Waals surface area contributed by atoms with E-state index < -0.39 is 6.10 Å². The van der Waals surface area contributed by atoms with Gasteiger partial charge in [-0.2, -0.15) is 0 Å². The lowest BCUT2D eigenvalue weighted by molar-refractivity contribution is -0.144. The molecule has 22 heavy (non-hydrogen) atoms. The molecule has 1 fully saturated rings. The van der Waals surface area contributed by atoms with E-state index in [1.807, 2.05) is 30.3 Å². The van der Waals surface area contributed by atoms with Crippen LogP contribution in [0.4, 0.5) is 0 Å². The van der Waals surface area contributed by atoms with Gasteiger partial charge in [-0.15, -0.1) is 0 Å². The molecule has 1 saturated heterocycles. The number of carbonyl (C=O) groups is 1. The highest BCUT2D eigenvalue weighted by Gasteiger charge is 2.36. The molecule has 6 nitrogen and oxygen atoms in total. The zero-order valence-corrected chi connectivity index (χ0v) is 12.1. The molecular formula is C16H18N2O4. The molecule has 116 valence electrons. The van der Waals surface area contributed by atoms with E-state index in [0.717, 1.165) is 11.3 Å². The number of aliphatic hydroxyl groups is 2. The van der Waals surface area contributed by atoms with Crippen molar-refractivity contribution in [1.82, 2.24) is 10.1 Å². The number of amides is 1. The van der Waals surface area contributed by atoms with E-state index in [1.54, 1.807) is 11.0 Å². The van der Waals surface area contributed by atoms with Crippen LogP contribution in [-0.2, 0) is 17.8 Å². The average molecular weight is 302 g/mol. The van der Waals surface area contributed by atoms with Crippen molar-refractivity contribution in [1.29, 1.82) is 0 Å². The van der Waals surface area contributed by atoms with Gasteiger partial charge in [0.1, 0.15) is 12.7 Å². The predicted octanol–water partition coefficient (Wildman–Crippen LogP) is 0.696. The molecule has 1 aliphatic heterocycles. The molecule has 2 heterocycles. The third-order valence-electron chi connectivity index (χ3n) is 3.90. The van der Waals surface area contributed by atoms with E-state index >= 15 is 0 Å². The fourth-order valence-corrected chi connectivity index (χ4v) is 2.58. The maximum atomic E-state index is 12.2. The summed E-state index contributed by atoms with van der Waals surface area (Å²) in [6.07, 6.45) is -0.701. The molecule has 2 N–H and O–H groups in total. The lowest BCUT2D eigenvalue weighted by atomic mass is 9.94. The summed E-state index contributed by atoms with van der Waals surface area (Å²) >= 11 is 0. The summed E-state index contributed by atoms with van der Waals surface area (Å²) in [5, 5.41) is 22.9. The fraction of sp³-hybridized carbons (Fsp3) is 0.375. The summed E-state index contributed by atoms with van der Waals surface area (Å²) in [4.78, 5) is 13.8. The van der Waals surface area contributed by atoms with E-state index in [1.165, 1.54) is 0 Å². The van der Waals surface area contributed by atoms with Crippen molar-refractivity contribution in [2.24, 2.45) is 0 Å². The average Bonchev–Trinajstić information content (AvgIpc) is 2.95. The van der Waals surface area contributed by atoms with E-state index in [0.29, 0.717) is 25.3 Å². The van der Waals surface area contributed by atoms with Gasteiger partial charge in [0.15, 0.2) is 5.76 Å². The van der Waals surface area contributed by atoms with Crippen LogP contribution in [-0.4, -0.2) is 45.4 Å². The molecule has 1 amide bonds. The van der Waals surface area contributed by atoms with Gasteiger partial charge in [-0.1, -0.05) is 35.5 Å². The molecule has 1 aliphatic rings. The van der Waals surface area contributed by atoms with Gasteiger partial charge in [0.2, 0.25) is 0 Å². The Morgan fingerprint density at radius 2 is 2.09 bits per heavy atom. The van der Waals surface area contributed by atoms with Gasteiger partial charge in [0.05, 0.1) is 5.69 Å². The van der Waals surface area contributed by atoms with Crippen LogP contribution in [0.15, 0.2) is 40.9 Å². The zero-order valence-electron chi connectivity index (χ0n) is 12.1. The lowest BCUT2D eigenvalue weighted by Gasteiger charge is -2.39. The molecular weight excluding hydrogens is 284 g/mol. The van der Waals surface area contributed by atoms with E-state index in [9.17, 15) is 9.90 Å². The quantitative estimate of drug-likeness (QED) is 0.849. The molecule has 0 radical (unpaired) electrons. The van der Waals surface area contributed by atoms with Crippen LogP contribution < -0.4 is 0 Å². The maximum Gasteiger partial charge on any atom is 0.251 e. The summed E-state index contributed by atoms with van der Waals surface area (Å²) in [5.74, 6) is 0.270. The first kappa shape index (κ1) is 14.7. The number of aliphatic hydroxyl groups excluding tert-OH is 2. The van der Waals surface area contributed by atoms with Crippen molar-refractivity contribution in [3.05, 3.63) is 53.4 Å². The minimum atomic E-state index is -1.02. The van der Waals surface area contributed by atoms with Gasteiger partial charge in [0.25, 0.3) is 5.91 Å². The molecule has 0 aliphatic carbocycles. The Morgan fingerprint density at radius 1 is 1.36 bits per heavy atom. The van der Waals surface area contributed by atoms with Crippen molar-refractivity contribution in [2.75, 3.05) is 13.1 Å². The number of aromatic nitrogens is 1. The van der Waals surface area contributed by atoms with E-state index in [2.05, 4.69) is 5.16 Å². The highest BCUT2D eigenvalue weighted by atomic mass is 16.5. The summed E-state index contributed by atoms with van der Waals surface area (Å²) in [6, 6.07) is 11.1. The van der Waals surface area contributed by atoms with Gasteiger partial charge in [-0.3, -0.25) is 4.79 Å². The summed E-state index contributed by atoms with van der Waals surface area (Å²) in [7, 11) is 0. The largest absolute Gasteiger partial charge is 0.388 e. The second-order valence-corrected chi connectivity index (χ2v) is 5.52. The number of benzene rings is 1. The van der Waals surface area contributed by atoms with Gasteiger partial charge < -0.3 is 19.6 Å². The molecule has 1 aromatic carbocycles. The first-order valence-corrected chi connectivity index (χ1v) is 7.24. The highest BCUT2D eigenvalue weighted by Crippen LogP contribution is 2.27. The monoisotopic (exact) mass is 302 g/mol. The van der Waals surface area contributed by atoms with Crippen LogP contribution in [0.5, 0.6) is 0 Å². The second-order valence-electron chi connectivity index (χ2n) is 5.52. The number of rotatable bonds is 5. The molecule has 0 bridgehead atoms. The molecule has 0 saturated carbocycles. The molecule has 0 unspecified atom stereocenters. The van der Waals surface area contributed by atoms with Crippen LogP contribution in [0.1, 0.15) is 22.9 Å². The summed E-state index contributed by atoms with van der Waals surface area (Å²) < 4.78 is 4.94. The molecule has 3 rings (SSSR count). The smallest absolute Gasteiger partial charge is 0.251 e. The lowest BCUT2D eigenvalue weighted by Crippen LogP contribution is -2.52. The standard InChI is InChI=1S/C16H18N2O4/c19-10-13-7-14(17-22-13)12-8-18(9-12)16(21)15(20)6-11-4-2-1-3-5-11/h1-5,7,12,15,19-20H,6,8-10H2/t15-/m0/s1. The third-order valence-corrected chi connectivity index (χ3v) is 3.90. The predicted molar refractivity (Wildman–Crippen MR) is 77.9 cm³/mol. The van der Waals surface area contributed by atoms with Crippen LogP contribution >= 0.6 is 0 Å². The van der Waals surface area contributed by atoms with Crippen LogP contribution in [0, 0.1) is 0 Å².